The van der Waals surface area contributed by atoms with Gasteiger partial charge in [0, 0.05) is 30.1 Å². The average molecular weight is 589 g/mol. The Morgan fingerprint density at radius 2 is 1.94 bits per heavy atom. The summed E-state index contributed by atoms with van der Waals surface area (Å²) in [5, 5.41) is 16.6. The molecule has 0 saturated carbocycles. The van der Waals surface area contributed by atoms with Crippen LogP contribution in [0.15, 0.2) is 56.7 Å². The third-order valence-electron chi connectivity index (χ3n) is 4.76. The molecule has 0 unspecified atom stereocenters. The molecule has 0 aliphatic heterocycles. The number of nitrogens with zero attached hydrogens (tertiary/aromatic N) is 1. The zero-order valence-electron chi connectivity index (χ0n) is 17.2. The second-order valence-electron chi connectivity index (χ2n) is 6.97. The molecule has 172 valence electrons. The number of hydrogen-bond acceptors (Lipinski definition) is 5. The Kier molecular flexibility index (Phi) is 10.5. The van der Waals surface area contributed by atoms with Gasteiger partial charge in [-0.05, 0) is 80.6 Å². The average Bonchev–Trinajstić information content (AvgIpc) is 3.17. The lowest BCUT2D eigenvalue weighted by atomic mass is 10.1. The van der Waals surface area contributed by atoms with Crippen molar-refractivity contribution in [2.75, 3.05) is 19.7 Å². The molecule has 32 heavy (non-hydrogen) atoms. The van der Waals surface area contributed by atoms with E-state index in [4.69, 9.17) is 10.5 Å². The molecule has 1 heterocycles. The largest absolute Gasteiger partial charge is 0.491 e. The molecular weight excluding hydrogens is 564 g/mol. The van der Waals surface area contributed by atoms with Crippen LogP contribution in [0, 0.1) is 0 Å². The van der Waals surface area contributed by atoms with Crippen LogP contribution in [-0.2, 0) is 17.6 Å². The Labute approximate surface area is 209 Å². The first kappa shape index (κ1) is 26.2. The van der Waals surface area contributed by atoms with Gasteiger partial charge in [-0.25, -0.2) is 0 Å². The van der Waals surface area contributed by atoms with Crippen molar-refractivity contribution in [1.29, 1.82) is 0 Å². The number of amides is 1. The van der Waals surface area contributed by atoms with Crippen LogP contribution in [-0.4, -0.2) is 41.5 Å². The molecule has 0 saturated heterocycles. The highest BCUT2D eigenvalue weighted by Gasteiger charge is 2.16. The number of halogens is 3. The summed E-state index contributed by atoms with van der Waals surface area (Å²) in [7, 11) is 0. The minimum Gasteiger partial charge on any atom is -0.491 e. The van der Waals surface area contributed by atoms with Gasteiger partial charge in [-0.3, -0.25) is 4.79 Å². The number of nitrogens with two attached hydrogens (primary N) is 1. The van der Waals surface area contributed by atoms with Crippen LogP contribution < -0.4 is 15.8 Å². The summed E-state index contributed by atoms with van der Waals surface area (Å²) in [6, 6.07) is 11.7. The van der Waals surface area contributed by atoms with Gasteiger partial charge >= 0.3 is 0 Å². The molecule has 7 nitrogen and oxygen atoms in total. The lowest BCUT2D eigenvalue weighted by molar-refractivity contribution is -0.115. The molecule has 0 spiro atoms. The summed E-state index contributed by atoms with van der Waals surface area (Å²) >= 11 is 6.98. The topological polar surface area (TPSA) is 113 Å². The summed E-state index contributed by atoms with van der Waals surface area (Å²) in [6.45, 7) is 1.50. The second kappa shape index (κ2) is 12.8. The minimum atomic E-state index is -0.405. The maximum absolute atomic E-state index is 12.5. The summed E-state index contributed by atoms with van der Waals surface area (Å²) in [5.41, 5.74) is 8.52. The number of aromatic nitrogens is 1. The molecule has 10 heteroatoms. The fraction of sp³-hybridized carbons (Fsp3) is 0.273. The number of fused-ring (bicyclic) bond motifs is 1. The van der Waals surface area contributed by atoms with E-state index < -0.39 is 5.91 Å². The highest BCUT2D eigenvalue weighted by molar-refractivity contribution is 9.11. The van der Waals surface area contributed by atoms with Gasteiger partial charge in [0.05, 0.1) is 15.6 Å². The number of para-hydroxylation sites is 1. The monoisotopic (exact) mass is 586 g/mol. The molecule has 0 radical (unpaired) electrons. The molecule has 0 atom stereocenters. The number of carbonyl (C=O) groups excluding carboxylic acids is 1. The SMILES string of the molecule is Cl.NCCCOc1c(Br)cc(C/C(=N\O)C(=O)NCCc2c[nH]c3ccccc23)cc1Br. The number of ether oxygens (including phenoxy) is 1. The number of benzene rings is 2. The van der Waals surface area contributed by atoms with E-state index in [-0.39, 0.29) is 24.5 Å². The summed E-state index contributed by atoms with van der Waals surface area (Å²) < 4.78 is 7.21. The predicted molar refractivity (Wildman–Crippen MR) is 136 cm³/mol. The minimum absolute atomic E-state index is 0. The summed E-state index contributed by atoms with van der Waals surface area (Å²) in [4.78, 5) is 15.7. The molecule has 0 fully saturated rings. The second-order valence-corrected chi connectivity index (χ2v) is 8.68. The van der Waals surface area contributed by atoms with E-state index in [0.29, 0.717) is 31.9 Å². The van der Waals surface area contributed by atoms with Crippen LogP contribution in [0.2, 0.25) is 0 Å². The zero-order chi connectivity index (χ0) is 22.2. The fourth-order valence-electron chi connectivity index (χ4n) is 3.22. The lowest BCUT2D eigenvalue weighted by Gasteiger charge is -2.12. The normalized spacial score (nSPS) is 11.3. The van der Waals surface area contributed by atoms with Crippen molar-refractivity contribution < 1.29 is 14.7 Å². The number of carbonyl (C=O) groups is 1. The third kappa shape index (κ3) is 6.71. The molecule has 2 aromatic carbocycles. The Balaban J connectivity index is 0.00000363. The van der Waals surface area contributed by atoms with E-state index in [1.54, 1.807) is 0 Å². The molecule has 5 N–H and O–H groups in total. The number of hydrogen-bond donors (Lipinski definition) is 4. The third-order valence-corrected chi connectivity index (χ3v) is 5.94. The molecule has 0 aliphatic carbocycles. The Morgan fingerprint density at radius 3 is 2.62 bits per heavy atom. The molecule has 0 aliphatic rings. The van der Waals surface area contributed by atoms with Gasteiger partial charge in [0.25, 0.3) is 5.91 Å². The van der Waals surface area contributed by atoms with Crippen molar-refractivity contribution in [3.63, 3.8) is 0 Å². The van der Waals surface area contributed by atoms with E-state index in [1.807, 2.05) is 42.6 Å². The van der Waals surface area contributed by atoms with Crippen LogP contribution in [0.1, 0.15) is 17.5 Å². The number of nitrogens with one attached hydrogen (secondary N) is 2. The molecule has 3 rings (SSSR count). The Bertz CT molecular complexity index is 1060. The van der Waals surface area contributed by atoms with Gasteiger partial charge in [0.2, 0.25) is 0 Å². The van der Waals surface area contributed by atoms with E-state index >= 15 is 0 Å². The highest BCUT2D eigenvalue weighted by atomic mass is 79.9. The van der Waals surface area contributed by atoms with Gasteiger partial charge in [0.1, 0.15) is 11.5 Å². The molecule has 1 aromatic heterocycles. The van der Waals surface area contributed by atoms with Crippen LogP contribution in [0.3, 0.4) is 0 Å². The van der Waals surface area contributed by atoms with Crippen molar-refractivity contribution in [3.8, 4) is 5.75 Å². The quantitative estimate of drug-likeness (QED) is 0.120. The number of rotatable bonds is 10. The van der Waals surface area contributed by atoms with E-state index in [0.717, 1.165) is 37.4 Å². The van der Waals surface area contributed by atoms with Crippen molar-refractivity contribution in [1.82, 2.24) is 10.3 Å². The van der Waals surface area contributed by atoms with E-state index in [1.165, 1.54) is 0 Å². The van der Waals surface area contributed by atoms with Crippen LogP contribution in [0.5, 0.6) is 5.75 Å². The van der Waals surface area contributed by atoms with Gasteiger partial charge in [-0.2, -0.15) is 0 Å². The highest BCUT2D eigenvalue weighted by Crippen LogP contribution is 2.35. The first-order valence-electron chi connectivity index (χ1n) is 9.88. The first-order valence-corrected chi connectivity index (χ1v) is 11.5. The zero-order valence-corrected chi connectivity index (χ0v) is 21.2. The fourth-order valence-corrected chi connectivity index (χ4v) is 4.73. The van der Waals surface area contributed by atoms with Crippen molar-refractivity contribution in [2.24, 2.45) is 10.9 Å². The van der Waals surface area contributed by atoms with Gasteiger partial charge in [0.15, 0.2) is 0 Å². The van der Waals surface area contributed by atoms with Gasteiger partial charge < -0.3 is 26.0 Å². The lowest BCUT2D eigenvalue weighted by Crippen LogP contribution is -2.33. The standard InChI is InChI=1S/C22H24Br2N4O3.ClH/c23-17-10-14(11-18(24)21(17)31-9-3-7-25)12-20(28-30)22(29)26-8-6-15-13-27-19-5-2-1-4-16(15)19;/h1-2,4-5,10-11,13,27,30H,3,6-9,12,25H2,(H,26,29);1H/b28-20+;. The van der Waals surface area contributed by atoms with Crippen molar-refractivity contribution in [3.05, 3.63) is 62.7 Å². The van der Waals surface area contributed by atoms with Crippen LogP contribution in [0.25, 0.3) is 10.9 Å². The Hall–Kier alpha value is -2.07. The summed E-state index contributed by atoms with van der Waals surface area (Å²) in [6.07, 6.45) is 3.54. The maximum Gasteiger partial charge on any atom is 0.269 e. The van der Waals surface area contributed by atoms with Crippen LogP contribution >= 0.6 is 44.3 Å². The number of aromatic amines is 1. The number of oxime groups is 1. The van der Waals surface area contributed by atoms with Crippen molar-refractivity contribution in [2.45, 2.75) is 19.3 Å². The van der Waals surface area contributed by atoms with Crippen molar-refractivity contribution >= 4 is 66.8 Å². The maximum atomic E-state index is 12.5. The van der Waals surface area contributed by atoms with Crippen LogP contribution in [0.4, 0.5) is 0 Å². The molecule has 0 bridgehead atoms. The molecule has 1 amide bonds. The van der Waals surface area contributed by atoms with Gasteiger partial charge in [-0.15, -0.1) is 12.4 Å². The predicted octanol–water partition coefficient (Wildman–Crippen LogP) is 4.57. The number of H-pyrrole nitrogens is 1. The first-order chi connectivity index (χ1) is 15.0. The smallest absolute Gasteiger partial charge is 0.269 e. The molecular formula is C22H25Br2ClN4O3. The molecule has 3 aromatic rings. The van der Waals surface area contributed by atoms with Gasteiger partial charge in [-0.1, -0.05) is 23.4 Å². The van der Waals surface area contributed by atoms with E-state index in [2.05, 4.69) is 47.3 Å². The van der Waals surface area contributed by atoms with E-state index in [9.17, 15) is 10.0 Å². The summed E-state index contributed by atoms with van der Waals surface area (Å²) in [5.74, 6) is 0.265. The Morgan fingerprint density at radius 1 is 1.22 bits per heavy atom.